The number of anilines is 1. The Labute approximate surface area is 116 Å². The van der Waals surface area contributed by atoms with E-state index in [-0.39, 0.29) is 5.82 Å². The zero-order chi connectivity index (χ0) is 13.8. The van der Waals surface area contributed by atoms with E-state index in [9.17, 15) is 4.39 Å². The van der Waals surface area contributed by atoms with Crippen molar-refractivity contribution in [2.75, 3.05) is 5.43 Å². The van der Waals surface area contributed by atoms with Crippen LogP contribution < -0.4 is 10.9 Å². The molecule has 0 spiro atoms. The number of halogens is 1. The fourth-order valence-electron chi connectivity index (χ4n) is 2.10. The molecule has 0 fully saturated rings. The van der Waals surface area contributed by atoms with Crippen molar-refractivity contribution in [1.29, 1.82) is 0 Å². The van der Waals surface area contributed by atoms with Crippen LogP contribution in [0.15, 0.2) is 60.8 Å². The van der Waals surface area contributed by atoms with Gasteiger partial charge in [0.2, 0.25) is 0 Å². The molecule has 0 radical (unpaired) electrons. The molecule has 2 N–H and O–H groups in total. The molecule has 100 valence electrons. The van der Waals surface area contributed by atoms with E-state index < -0.39 is 0 Å². The Bertz CT molecular complexity index is 713. The third-order valence-corrected chi connectivity index (χ3v) is 3.09. The van der Waals surface area contributed by atoms with E-state index in [1.165, 1.54) is 6.07 Å². The first-order chi connectivity index (χ1) is 9.84. The number of rotatable bonds is 4. The van der Waals surface area contributed by atoms with Crippen LogP contribution in [0.2, 0.25) is 0 Å². The summed E-state index contributed by atoms with van der Waals surface area (Å²) in [6.07, 6.45) is 1.68. The minimum atomic E-state index is -0.243. The van der Waals surface area contributed by atoms with E-state index in [0.29, 0.717) is 17.4 Å². The second-order valence-corrected chi connectivity index (χ2v) is 4.45. The minimum absolute atomic E-state index is 0.243. The summed E-state index contributed by atoms with van der Waals surface area (Å²) in [4.78, 5) is 4.26. The summed E-state index contributed by atoms with van der Waals surface area (Å²) in [5, 5.41) is 0.548. The number of hydrogen-bond donors (Lipinski definition) is 2. The van der Waals surface area contributed by atoms with Crippen molar-refractivity contribution in [1.82, 2.24) is 10.4 Å². The van der Waals surface area contributed by atoms with Gasteiger partial charge >= 0.3 is 0 Å². The van der Waals surface area contributed by atoms with Crippen molar-refractivity contribution in [3.8, 4) is 0 Å². The number of para-hydroxylation sites is 1. The number of aromatic nitrogens is 1. The first kappa shape index (κ1) is 12.6. The van der Waals surface area contributed by atoms with Crippen LogP contribution in [0.4, 0.5) is 10.1 Å². The van der Waals surface area contributed by atoms with E-state index in [1.807, 2.05) is 30.3 Å². The smallest absolute Gasteiger partial charge is 0.132 e. The van der Waals surface area contributed by atoms with Gasteiger partial charge in [0.15, 0.2) is 0 Å². The van der Waals surface area contributed by atoms with Gasteiger partial charge in [-0.15, -0.1) is 0 Å². The molecule has 0 atom stereocenters. The fraction of sp³-hybridized carbons (Fsp3) is 0.0625. The molecule has 3 nitrogen and oxygen atoms in total. The molecule has 1 aromatic heterocycles. The zero-order valence-electron chi connectivity index (χ0n) is 10.8. The van der Waals surface area contributed by atoms with Gasteiger partial charge in [-0.2, -0.15) is 0 Å². The maximum atomic E-state index is 13.7. The molecule has 4 heteroatoms. The molecular formula is C16H14FN3. The van der Waals surface area contributed by atoms with Crippen LogP contribution in [0.1, 0.15) is 5.56 Å². The first-order valence-electron chi connectivity index (χ1n) is 6.40. The molecule has 0 amide bonds. The summed E-state index contributed by atoms with van der Waals surface area (Å²) in [5.41, 5.74) is 8.84. The molecule has 0 aliphatic heterocycles. The van der Waals surface area contributed by atoms with Crippen LogP contribution in [0, 0.1) is 5.82 Å². The molecule has 20 heavy (non-hydrogen) atoms. The van der Waals surface area contributed by atoms with Crippen LogP contribution >= 0.6 is 0 Å². The normalized spacial score (nSPS) is 10.7. The summed E-state index contributed by atoms with van der Waals surface area (Å²) in [6.45, 7) is 0.558. The van der Waals surface area contributed by atoms with Gasteiger partial charge in [-0.1, -0.05) is 24.3 Å². The molecule has 0 aliphatic carbocycles. The molecule has 1 heterocycles. The van der Waals surface area contributed by atoms with Crippen LogP contribution in [0.5, 0.6) is 0 Å². The molecule has 2 aromatic carbocycles. The lowest BCUT2D eigenvalue weighted by molar-refractivity contribution is 0.638. The minimum Gasteiger partial charge on any atom is -0.321 e. The number of pyridine rings is 1. The molecule has 3 rings (SSSR count). The Kier molecular flexibility index (Phi) is 3.56. The quantitative estimate of drug-likeness (QED) is 0.710. The van der Waals surface area contributed by atoms with Crippen molar-refractivity contribution in [2.24, 2.45) is 0 Å². The molecule has 0 saturated carbocycles. The average molecular weight is 267 g/mol. The second kappa shape index (κ2) is 5.67. The molecule has 0 aliphatic rings. The third-order valence-electron chi connectivity index (χ3n) is 3.09. The number of nitrogens with zero attached hydrogens (tertiary/aromatic N) is 1. The summed E-state index contributed by atoms with van der Waals surface area (Å²) in [5.74, 6) is -0.243. The Morgan fingerprint density at radius 2 is 1.80 bits per heavy atom. The van der Waals surface area contributed by atoms with Crippen molar-refractivity contribution >= 4 is 16.6 Å². The number of benzene rings is 2. The van der Waals surface area contributed by atoms with Gasteiger partial charge in [0, 0.05) is 23.8 Å². The predicted octanol–water partition coefficient (Wildman–Crippen LogP) is 3.49. The molecule has 0 unspecified atom stereocenters. The first-order valence-corrected chi connectivity index (χ1v) is 6.40. The molecule has 3 aromatic rings. The molecule has 0 saturated heterocycles. The van der Waals surface area contributed by atoms with Crippen LogP contribution in [0.25, 0.3) is 10.9 Å². The van der Waals surface area contributed by atoms with Crippen LogP contribution in [-0.4, -0.2) is 4.98 Å². The van der Waals surface area contributed by atoms with E-state index in [0.717, 1.165) is 11.3 Å². The Hall–Kier alpha value is -2.46. The van der Waals surface area contributed by atoms with Gasteiger partial charge in [0.1, 0.15) is 5.82 Å². The molecular weight excluding hydrogens is 253 g/mol. The summed E-state index contributed by atoms with van der Waals surface area (Å²) in [6, 6.07) is 16.5. The lowest BCUT2D eigenvalue weighted by Crippen LogP contribution is -2.21. The van der Waals surface area contributed by atoms with Gasteiger partial charge in [-0.3, -0.25) is 4.98 Å². The fourth-order valence-corrected chi connectivity index (χ4v) is 2.10. The third kappa shape index (κ3) is 2.60. The van der Waals surface area contributed by atoms with E-state index >= 15 is 0 Å². The van der Waals surface area contributed by atoms with Crippen molar-refractivity contribution in [3.63, 3.8) is 0 Å². The Balaban J connectivity index is 1.77. The molecule has 0 bridgehead atoms. The SMILES string of the molecule is Fc1ccc(CNNc2ccccc2)c2ncccc12. The maximum Gasteiger partial charge on any atom is 0.132 e. The Morgan fingerprint density at radius 1 is 0.950 bits per heavy atom. The summed E-state index contributed by atoms with van der Waals surface area (Å²) >= 11 is 0. The topological polar surface area (TPSA) is 37.0 Å². The highest BCUT2D eigenvalue weighted by Crippen LogP contribution is 2.19. The van der Waals surface area contributed by atoms with Gasteiger partial charge in [0.05, 0.1) is 5.52 Å². The number of nitrogens with one attached hydrogen (secondary N) is 2. The lowest BCUT2D eigenvalue weighted by atomic mass is 10.1. The highest BCUT2D eigenvalue weighted by atomic mass is 19.1. The van der Waals surface area contributed by atoms with Gasteiger partial charge < -0.3 is 5.43 Å². The summed E-state index contributed by atoms with van der Waals surface area (Å²) < 4.78 is 13.7. The second-order valence-electron chi connectivity index (χ2n) is 4.45. The Morgan fingerprint density at radius 3 is 2.65 bits per heavy atom. The highest BCUT2D eigenvalue weighted by molar-refractivity contribution is 5.82. The van der Waals surface area contributed by atoms with Crippen LogP contribution in [-0.2, 0) is 6.54 Å². The predicted molar refractivity (Wildman–Crippen MR) is 78.6 cm³/mol. The van der Waals surface area contributed by atoms with Crippen molar-refractivity contribution in [3.05, 3.63) is 72.2 Å². The average Bonchev–Trinajstić information content (AvgIpc) is 2.51. The highest BCUT2D eigenvalue weighted by Gasteiger charge is 2.06. The van der Waals surface area contributed by atoms with Crippen LogP contribution in [0.3, 0.4) is 0 Å². The van der Waals surface area contributed by atoms with Gasteiger partial charge in [-0.25, -0.2) is 9.82 Å². The maximum absolute atomic E-state index is 13.7. The number of fused-ring (bicyclic) bond motifs is 1. The van der Waals surface area contributed by atoms with Crippen molar-refractivity contribution < 1.29 is 4.39 Å². The summed E-state index contributed by atoms with van der Waals surface area (Å²) in [7, 11) is 0. The van der Waals surface area contributed by atoms with E-state index in [1.54, 1.807) is 24.4 Å². The monoisotopic (exact) mass is 267 g/mol. The van der Waals surface area contributed by atoms with E-state index in [2.05, 4.69) is 15.8 Å². The van der Waals surface area contributed by atoms with Gasteiger partial charge in [-0.05, 0) is 35.9 Å². The number of hydrazine groups is 1. The van der Waals surface area contributed by atoms with E-state index in [4.69, 9.17) is 0 Å². The standard InChI is InChI=1S/C16H14FN3/c17-15-9-8-12(16-14(15)7-4-10-18-16)11-19-20-13-5-2-1-3-6-13/h1-10,19-20H,11H2. The largest absolute Gasteiger partial charge is 0.321 e. The lowest BCUT2D eigenvalue weighted by Gasteiger charge is -2.10. The van der Waals surface area contributed by atoms with Gasteiger partial charge in [0.25, 0.3) is 0 Å². The zero-order valence-corrected chi connectivity index (χ0v) is 10.8. The van der Waals surface area contributed by atoms with Crippen molar-refractivity contribution in [2.45, 2.75) is 6.54 Å². The number of hydrogen-bond acceptors (Lipinski definition) is 3.